The van der Waals surface area contributed by atoms with Crippen LogP contribution in [-0.2, 0) is 0 Å². The van der Waals surface area contributed by atoms with Gasteiger partial charge >= 0.3 is 0 Å². The van der Waals surface area contributed by atoms with E-state index in [2.05, 4.69) is 0 Å². The molecule has 0 aliphatic rings. The summed E-state index contributed by atoms with van der Waals surface area (Å²) in [5.41, 5.74) is 0.681. The Kier molecular flexibility index (Phi) is 3.57. The molecule has 0 atom stereocenters. The third-order valence-electron chi connectivity index (χ3n) is 3.55. The van der Waals surface area contributed by atoms with Gasteiger partial charge in [0.05, 0.1) is 19.8 Å². The van der Waals surface area contributed by atoms with Crippen LogP contribution in [0.1, 0.15) is 0 Å². The van der Waals surface area contributed by atoms with Crippen molar-refractivity contribution in [1.82, 2.24) is 0 Å². The van der Waals surface area contributed by atoms with E-state index in [9.17, 15) is 15.0 Å². The number of fused-ring (bicyclic) bond motifs is 1. The van der Waals surface area contributed by atoms with Crippen LogP contribution in [0.25, 0.3) is 22.1 Å². The predicted molar refractivity (Wildman–Crippen MR) is 84.4 cm³/mol. The lowest BCUT2D eigenvalue weighted by Crippen LogP contribution is -2.07. The maximum atomic E-state index is 12.8. The molecule has 1 aromatic heterocycles. The van der Waals surface area contributed by atoms with E-state index >= 15 is 0 Å². The molecule has 0 spiro atoms. The molecule has 6 nitrogen and oxygen atoms in total. The van der Waals surface area contributed by atoms with Gasteiger partial charge in [0.15, 0.2) is 11.3 Å². The molecule has 0 fully saturated rings. The van der Waals surface area contributed by atoms with Crippen LogP contribution in [0.15, 0.2) is 45.8 Å². The van der Waals surface area contributed by atoms with Gasteiger partial charge < -0.3 is 24.1 Å². The van der Waals surface area contributed by atoms with Gasteiger partial charge in [-0.2, -0.15) is 0 Å². The van der Waals surface area contributed by atoms with Crippen LogP contribution in [0.5, 0.6) is 23.0 Å². The zero-order chi connectivity index (χ0) is 16.6. The molecule has 0 aliphatic carbocycles. The molecule has 0 aliphatic heterocycles. The lowest BCUT2D eigenvalue weighted by Gasteiger charge is -2.11. The van der Waals surface area contributed by atoms with Gasteiger partial charge in [-0.3, -0.25) is 4.79 Å². The van der Waals surface area contributed by atoms with Gasteiger partial charge in [0.2, 0.25) is 11.2 Å². The normalized spacial score (nSPS) is 10.7. The largest absolute Gasteiger partial charge is 0.508 e. The van der Waals surface area contributed by atoms with Gasteiger partial charge in [-0.25, -0.2) is 0 Å². The van der Waals surface area contributed by atoms with E-state index in [0.29, 0.717) is 11.1 Å². The molecule has 0 saturated heterocycles. The summed E-state index contributed by atoms with van der Waals surface area (Å²) in [6, 6.07) is 7.48. The summed E-state index contributed by atoms with van der Waals surface area (Å²) in [6.07, 6.45) is 1.29. The highest BCUT2D eigenvalue weighted by molar-refractivity contribution is 5.93. The third-order valence-corrected chi connectivity index (χ3v) is 3.55. The second-order valence-electron chi connectivity index (χ2n) is 4.86. The van der Waals surface area contributed by atoms with Crippen molar-refractivity contribution in [2.45, 2.75) is 0 Å². The summed E-state index contributed by atoms with van der Waals surface area (Å²) in [6.45, 7) is 0. The number of benzene rings is 2. The summed E-state index contributed by atoms with van der Waals surface area (Å²) in [5, 5.41) is 19.5. The van der Waals surface area contributed by atoms with E-state index in [4.69, 9.17) is 13.9 Å². The van der Waals surface area contributed by atoms with Crippen molar-refractivity contribution in [2.24, 2.45) is 0 Å². The Morgan fingerprint density at radius 3 is 2.35 bits per heavy atom. The van der Waals surface area contributed by atoms with Gasteiger partial charge in [0, 0.05) is 6.07 Å². The molecular weight excluding hydrogens is 300 g/mol. The highest BCUT2D eigenvalue weighted by atomic mass is 16.5. The molecule has 2 aromatic carbocycles. The van der Waals surface area contributed by atoms with Crippen molar-refractivity contribution >= 4 is 11.0 Å². The Hall–Kier alpha value is -3.15. The van der Waals surface area contributed by atoms with Crippen molar-refractivity contribution in [2.75, 3.05) is 14.2 Å². The van der Waals surface area contributed by atoms with Crippen LogP contribution in [0.3, 0.4) is 0 Å². The van der Waals surface area contributed by atoms with E-state index in [-0.39, 0.29) is 39.4 Å². The quantitative estimate of drug-likeness (QED) is 0.772. The zero-order valence-corrected chi connectivity index (χ0v) is 12.5. The molecule has 118 valence electrons. The van der Waals surface area contributed by atoms with Crippen LogP contribution >= 0.6 is 0 Å². The van der Waals surface area contributed by atoms with Crippen LogP contribution < -0.4 is 14.9 Å². The first-order valence-corrected chi connectivity index (χ1v) is 6.75. The van der Waals surface area contributed by atoms with Crippen molar-refractivity contribution in [1.29, 1.82) is 0 Å². The Morgan fingerprint density at radius 2 is 1.74 bits per heavy atom. The van der Waals surface area contributed by atoms with Gasteiger partial charge in [0.1, 0.15) is 23.1 Å². The molecular formula is C17H14O6. The molecule has 0 unspecified atom stereocenters. The van der Waals surface area contributed by atoms with Gasteiger partial charge in [-0.1, -0.05) is 12.1 Å². The van der Waals surface area contributed by atoms with Crippen LogP contribution in [0.2, 0.25) is 0 Å². The predicted octanol–water partition coefficient (Wildman–Crippen LogP) is 2.89. The third kappa shape index (κ3) is 2.34. The zero-order valence-electron chi connectivity index (χ0n) is 12.5. The van der Waals surface area contributed by atoms with E-state index < -0.39 is 0 Å². The minimum Gasteiger partial charge on any atom is -0.508 e. The SMILES string of the molecule is COc1c(O)cc(OC)c2c(=O)c(-c3ccc(O)cc3)coc12. The lowest BCUT2D eigenvalue weighted by molar-refractivity contribution is 0.364. The fraction of sp³-hybridized carbons (Fsp3) is 0.118. The Morgan fingerprint density at radius 1 is 1.04 bits per heavy atom. The van der Waals surface area contributed by atoms with Crippen molar-refractivity contribution in [3.05, 3.63) is 46.8 Å². The number of aromatic hydroxyl groups is 2. The van der Waals surface area contributed by atoms with Crippen molar-refractivity contribution in [3.63, 3.8) is 0 Å². The Balaban J connectivity index is 2.37. The van der Waals surface area contributed by atoms with Crippen LogP contribution in [0.4, 0.5) is 0 Å². The highest BCUT2D eigenvalue weighted by Gasteiger charge is 2.20. The molecule has 3 aromatic rings. The van der Waals surface area contributed by atoms with E-state index in [1.54, 1.807) is 12.1 Å². The number of rotatable bonds is 3. The molecule has 0 amide bonds. The van der Waals surface area contributed by atoms with Gasteiger partial charge in [-0.05, 0) is 17.7 Å². The second kappa shape index (κ2) is 5.57. The average molecular weight is 314 g/mol. The number of phenolic OH excluding ortho intramolecular Hbond substituents is 2. The Labute approximate surface area is 131 Å². The average Bonchev–Trinajstić information content (AvgIpc) is 2.55. The van der Waals surface area contributed by atoms with Gasteiger partial charge in [0.25, 0.3) is 0 Å². The standard InChI is InChI=1S/C17H14O6/c1-21-13-7-12(19)16(22-2)17-14(13)15(20)11(8-23-17)9-3-5-10(18)6-4-9/h3-8,18-19H,1-2H3. The summed E-state index contributed by atoms with van der Waals surface area (Å²) in [5.74, 6) is 0.170. The molecule has 6 heteroatoms. The van der Waals surface area contributed by atoms with Gasteiger partial charge in [-0.15, -0.1) is 0 Å². The molecule has 0 radical (unpaired) electrons. The first-order chi connectivity index (χ1) is 11.1. The molecule has 0 saturated carbocycles. The Bertz CT molecular complexity index is 924. The topological polar surface area (TPSA) is 89.1 Å². The summed E-state index contributed by atoms with van der Waals surface area (Å²) in [4.78, 5) is 12.8. The number of ether oxygens (including phenoxy) is 2. The fourth-order valence-electron chi connectivity index (χ4n) is 2.44. The molecule has 23 heavy (non-hydrogen) atoms. The highest BCUT2D eigenvalue weighted by Crippen LogP contribution is 2.40. The second-order valence-corrected chi connectivity index (χ2v) is 4.86. The molecule has 1 heterocycles. The number of hydrogen-bond acceptors (Lipinski definition) is 6. The first kappa shape index (κ1) is 14.8. The summed E-state index contributed by atoms with van der Waals surface area (Å²) in [7, 11) is 2.77. The first-order valence-electron chi connectivity index (χ1n) is 6.75. The minimum atomic E-state index is -0.327. The molecule has 2 N–H and O–H groups in total. The van der Waals surface area contributed by atoms with Crippen molar-refractivity contribution in [3.8, 4) is 34.1 Å². The maximum Gasteiger partial charge on any atom is 0.204 e. The summed E-state index contributed by atoms with van der Waals surface area (Å²) >= 11 is 0. The van der Waals surface area contributed by atoms with E-state index in [1.807, 2.05) is 0 Å². The monoisotopic (exact) mass is 314 g/mol. The van der Waals surface area contributed by atoms with E-state index in [1.165, 1.54) is 38.7 Å². The lowest BCUT2D eigenvalue weighted by atomic mass is 10.0. The maximum absolute atomic E-state index is 12.8. The van der Waals surface area contributed by atoms with Crippen molar-refractivity contribution < 1.29 is 24.1 Å². The smallest absolute Gasteiger partial charge is 0.204 e. The minimum absolute atomic E-state index is 0.0650. The molecule has 0 bridgehead atoms. The van der Waals surface area contributed by atoms with Crippen LogP contribution in [-0.4, -0.2) is 24.4 Å². The number of phenols is 2. The number of hydrogen-bond donors (Lipinski definition) is 2. The fourth-order valence-corrected chi connectivity index (χ4v) is 2.44. The van der Waals surface area contributed by atoms with Crippen LogP contribution in [0, 0.1) is 0 Å². The molecule has 3 rings (SSSR count). The number of methoxy groups -OCH3 is 2. The van der Waals surface area contributed by atoms with E-state index in [0.717, 1.165) is 0 Å². The summed E-state index contributed by atoms with van der Waals surface area (Å²) < 4.78 is 15.8.